The number of nitrogens with zero attached hydrogens (tertiary/aromatic N) is 3. The van der Waals surface area contributed by atoms with Crippen LogP contribution in [0.3, 0.4) is 0 Å². The molecule has 40 valence electrons. The topological polar surface area (TPSA) is 38.7 Å². The summed E-state index contributed by atoms with van der Waals surface area (Å²) >= 11 is 3.07. The predicted octanol–water partition coefficient (Wildman–Crippen LogP) is -0.956. The van der Waals surface area contributed by atoms with E-state index < -0.39 is 0 Å². The average molecular weight is 188 g/mol. The Morgan fingerprint density at radius 1 is 1.29 bits per heavy atom. The summed E-state index contributed by atoms with van der Waals surface area (Å²) in [6.45, 7) is 0. The summed E-state index contributed by atoms with van der Waals surface area (Å²) in [5, 5.41) is 0. The standard InChI is InChI=1S/C3H2N3.Ag/c1-4-2-6-3-5-1;/h1-2H;. The second-order valence-electron chi connectivity index (χ2n) is 0.873. The molecule has 4 heteroatoms. The fraction of sp³-hybridized carbons (Fsp3) is 0. The van der Waals surface area contributed by atoms with E-state index in [1.165, 1.54) is 12.7 Å². The van der Waals surface area contributed by atoms with Crippen LogP contribution in [-0.2, 0) is 21.1 Å². The van der Waals surface area contributed by atoms with Crippen molar-refractivity contribution >= 4 is 4.04 Å². The van der Waals surface area contributed by atoms with E-state index in [1.807, 2.05) is 0 Å². The molecule has 0 aliphatic rings. The zero-order valence-electron chi connectivity index (χ0n) is 3.30. The van der Waals surface area contributed by atoms with Crippen molar-refractivity contribution in [3.05, 3.63) is 12.7 Å². The predicted molar refractivity (Wildman–Crippen MR) is 19.5 cm³/mol. The molecule has 0 unspecified atom stereocenters. The van der Waals surface area contributed by atoms with Crippen molar-refractivity contribution in [1.82, 2.24) is 15.0 Å². The van der Waals surface area contributed by atoms with Crippen molar-refractivity contribution in [2.24, 2.45) is 0 Å². The fourth-order valence-electron chi connectivity index (χ4n) is 0.216. The van der Waals surface area contributed by atoms with Crippen molar-refractivity contribution in [3.8, 4) is 0 Å². The molecule has 0 atom stereocenters. The third kappa shape index (κ3) is 1.35. The molecule has 0 aliphatic carbocycles. The van der Waals surface area contributed by atoms with Gasteiger partial charge < -0.3 is 0 Å². The van der Waals surface area contributed by atoms with Gasteiger partial charge in [0.15, 0.2) is 0 Å². The maximum atomic E-state index is 3.67. The van der Waals surface area contributed by atoms with Crippen molar-refractivity contribution in [2.45, 2.75) is 0 Å². The van der Waals surface area contributed by atoms with E-state index >= 15 is 0 Å². The summed E-state index contributed by atoms with van der Waals surface area (Å²) < 4.78 is 0.569. The fourth-order valence-corrected chi connectivity index (χ4v) is 0.387. The van der Waals surface area contributed by atoms with E-state index in [-0.39, 0.29) is 0 Å². The van der Waals surface area contributed by atoms with Crippen LogP contribution in [-0.4, -0.2) is 15.0 Å². The van der Waals surface area contributed by atoms with Crippen LogP contribution in [0.25, 0.3) is 0 Å². The Hall–Kier alpha value is -0.250. The molecule has 1 aromatic rings. The first-order chi connectivity index (χ1) is 3.39. The molecule has 0 aromatic carbocycles. The third-order valence-corrected chi connectivity index (χ3v) is 0.825. The summed E-state index contributed by atoms with van der Waals surface area (Å²) in [6.07, 6.45) is 2.85. The van der Waals surface area contributed by atoms with Gasteiger partial charge in [-0.05, 0) is 0 Å². The Bertz CT molecular complexity index is 140. The first-order valence-corrected chi connectivity index (χ1v) is 2.37. The molecule has 0 spiro atoms. The molecule has 1 rings (SSSR count). The maximum absolute atomic E-state index is 3.67. The van der Waals surface area contributed by atoms with Crippen LogP contribution >= 0.6 is 0 Å². The van der Waals surface area contributed by atoms with Crippen LogP contribution < -0.4 is 4.04 Å². The van der Waals surface area contributed by atoms with Gasteiger partial charge in [0.25, 0.3) is 0 Å². The minimum absolute atomic E-state index is 0.569. The number of aromatic nitrogens is 3. The molecule has 0 saturated heterocycles. The molecule has 0 aliphatic heterocycles. The van der Waals surface area contributed by atoms with Gasteiger partial charge in [-0.3, -0.25) is 0 Å². The monoisotopic (exact) mass is 187 g/mol. The van der Waals surface area contributed by atoms with E-state index in [4.69, 9.17) is 0 Å². The first-order valence-electron chi connectivity index (χ1n) is 1.63. The minimum atomic E-state index is 0.569. The molecule has 0 N–H and O–H groups in total. The zero-order valence-corrected chi connectivity index (χ0v) is 4.78. The van der Waals surface area contributed by atoms with Crippen LogP contribution in [0.1, 0.15) is 0 Å². The molecule has 3 nitrogen and oxygen atoms in total. The summed E-state index contributed by atoms with van der Waals surface area (Å²) in [7, 11) is 0. The SMILES string of the molecule is [Ag][c]1ncncn1. The third-order valence-electron chi connectivity index (χ3n) is 0.442. The summed E-state index contributed by atoms with van der Waals surface area (Å²) in [5.74, 6) is 0. The van der Waals surface area contributed by atoms with Crippen molar-refractivity contribution in [2.75, 3.05) is 0 Å². The molecule has 0 saturated carbocycles. The van der Waals surface area contributed by atoms with Gasteiger partial charge in [-0.25, -0.2) is 0 Å². The van der Waals surface area contributed by atoms with Crippen LogP contribution in [0, 0.1) is 0 Å². The molecule has 1 heterocycles. The van der Waals surface area contributed by atoms with Gasteiger partial charge in [-0.1, -0.05) is 0 Å². The van der Waals surface area contributed by atoms with Crippen LogP contribution in [0.5, 0.6) is 0 Å². The van der Waals surface area contributed by atoms with Crippen molar-refractivity contribution in [1.29, 1.82) is 0 Å². The molecule has 7 heavy (non-hydrogen) atoms. The second-order valence-corrected chi connectivity index (χ2v) is 1.54. The summed E-state index contributed by atoms with van der Waals surface area (Å²) in [5.41, 5.74) is 0. The molecule has 0 fully saturated rings. The van der Waals surface area contributed by atoms with Gasteiger partial charge >= 0.3 is 52.7 Å². The van der Waals surface area contributed by atoms with Crippen molar-refractivity contribution in [3.63, 3.8) is 0 Å². The number of rotatable bonds is 0. The second kappa shape index (κ2) is 2.16. The van der Waals surface area contributed by atoms with Gasteiger partial charge in [0.1, 0.15) is 0 Å². The van der Waals surface area contributed by atoms with Gasteiger partial charge in [-0.15, -0.1) is 0 Å². The van der Waals surface area contributed by atoms with Crippen LogP contribution in [0.15, 0.2) is 12.7 Å². The Balaban J connectivity index is 3.02. The summed E-state index contributed by atoms with van der Waals surface area (Å²) in [4.78, 5) is 10.9. The molecular formula is C3H2AgN3. The molecule has 0 bridgehead atoms. The average Bonchev–Trinajstić information content (AvgIpc) is 1.69. The van der Waals surface area contributed by atoms with E-state index in [0.29, 0.717) is 4.04 Å². The molecule has 1 aromatic heterocycles. The van der Waals surface area contributed by atoms with E-state index in [0.717, 1.165) is 0 Å². The van der Waals surface area contributed by atoms with Crippen LogP contribution in [0.2, 0.25) is 0 Å². The van der Waals surface area contributed by atoms with E-state index in [2.05, 4.69) is 36.0 Å². The number of hydrogen-bond donors (Lipinski definition) is 0. The van der Waals surface area contributed by atoms with E-state index in [1.54, 1.807) is 0 Å². The van der Waals surface area contributed by atoms with Gasteiger partial charge in [0.2, 0.25) is 0 Å². The molecule has 0 radical (unpaired) electrons. The Morgan fingerprint density at radius 2 is 1.86 bits per heavy atom. The van der Waals surface area contributed by atoms with Gasteiger partial charge in [0.05, 0.1) is 0 Å². The first kappa shape index (κ1) is 4.90. The normalized spacial score (nSPS) is 8.86. The molecular weight excluding hydrogens is 186 g/mol. The molecule has 0 amide bonds. The van der Waals surface area contributed by atoms with E-state index in [9.17, 15) is 0 Å². The van der Waals surface area contributed by atoms with Gasteiger partial charge in [0, 0.05) is 0 Å². The Kier molecular flexibility index (Phi) is 1.51. The summed E-state index contributed by atoms with van der Waals surface area (Å²) in [6, 6.07) is 0. The quantitative estimate of drug-likeness (QED) is 0.492. The Morgan fingerprint density at radius 3 is 2.14 bits per heavy atom. The van der Waals surface area contributed by atoms with Crippen LogP contribution in [0.4, 0.5) is 0 Å². The zero-order chi connectivity index (χ0) is 5.11. The van der Waals surface area contributed by atoms with Gasteiger partial charge in [-0.2, -0.15) is 0 Å². The van der Waals surface area contributed by atoms with Crippen molar-refractivity contribution < 1.29 is 21.1 Å². The Labute approximate surface area is 53.1 Å². The number of hydrogen-bond acceptors (Lipinski definition) is 3.